The van der Waals surface area contributed by atoms with Crippen molar-refractivity contribution in [1.82, 2.24) is 18.7 Å². The van der Waals surface area contributed by atoms with Crippen LogP contribution in [0.1, 0.15) is 25.5 Å². The smallest absolute Gasteiger partial charge is 0.294 e. The van der Waals surface area contributed by atoms with Gasteiger partial charge in [0.2, 0.25) is 5.95 Å². The van der Waals surface area contributed by atoms with Crippen molar-refractivity contribution in [3.63, 3.8) is 0 Å². The summed E-state index contributed by atoms with van der Waals surface area (Å²) in [5.41, 5.74) is 4.70. The summed E-state index contributed by atoms with van der Waals surface area (Å²) in [6, 6.07) is 9.62. The van der Waals surface area contributed by atoms with E-state index in [1.807, 2.05) is 56.3 Å². The standard InChI is InChI=1S/C19H20N6O2/c1-12-13(2)25-15-16(20-18(25)22-21-12)23(3)19(27)24(17(15)26)11-7-10-14-8-5-4-6-9-14/h4-10,13H,11H2,1-3H3,(H,20,22). The van der Waals surface area contributed by atoms with Gasteiger partial charge in [-0.2, -0.15) is 10.1 Å². The number of hydrogen-bond donors (Lipinski definition) is 1. The fraction of sp³-hybridized carbons (Fsp3) is 0.263. The third-order valence-electron chi connectivity index (χ3n) is 4.90. The van der Waals surface area contributed by atoms with Crippen LogP contribution in [0.2, 0.25) is 0 Å². The maximum atomic E-state index is 13.1. The molecule has 1 aliphatic heterocycles. The molecule has 2 aromatic heterocycles. The van der Waals surface area contributed by atoms with Gasteiger partial charge in [-0.1, -0.05) is 42.5 Å². The van der Waals surface area contributed by atoms with Crippen molar-refractivity contribution in [3.05, 3.63) is 62.8 Å². The molecule has 0 fully saturated rings. The first-order valence-corrected chi connectivity index (χ1v) is 8.72. The highest BCUT2D eigenvalue weighted by Crippen LogP contribution is 2.25. The number of aryl methyl sites for hydroxylation is 1. The van der Waals surface area contributed by atoms with Crippen molar-refractivity contribution >= 4 is 28.9 Å². The van der Waals surface area contributed by atoms with Crippen LogP contribution in [0.4, 0.5) is 5.95 Å². The highest BCUT2D eigenvalue weighted by Gasteiger charge is 2.26. The maximum Gasteiger partial charge on any atom is 0.332 e. The number of anilines is 1. The predicted molar refractivity (Wildman–Crippen MR) is 106 cm³/mol. The molecule has 0 amide bonds. The molecule has 0 saturated carbocycles. The van der Waals surface area contributed by atoms with Crippen LogP contribution >= 0.6 is 0 Å². The lowest BCUT2D eigenvalue weighted by molar-refractivity contribution is 0.653. The molecule has 1 unspecified atom stereocenters. The minimum atomic E-state index is -0.397. The topological polar surface area (TPSA) is 86.2 Å². The summed E-state index contributed by atoms with van der Waals surface area (Å²) in [4.78, 5) is 30.2. The molecule has 0 bridgehead atoms. The second kappa shape index (κ2) is 6.39. The van der Waals surface area contributed by atoms with Crippen LogP contribution in [0, 0.1) is 0 Å². The zero-order valence-corrected chi connectivity index (χ0v) is 15.4. The van der Waals surface area contributed by atoms with Gasteiger partial charge in [-0.05, 0) is 19.4 Å². The molecule has 1 aromatic carbocycles. The number of benzene rings is 1. The molecule has 1 N–H and O–H groups in total. The van der Waals surface area contributed by atoms with E-state index in [0.717, 1.165) is 11.3 Å². The molecule has 27 heavy (non-hydrogen) atoms. The number of aromatic nitrogens is 4. The van der Waals surface area contributed by atoms with Gasteiger partial charge >= 0.3 is 5.69 Å². The van der Waals surface area contributed by atoms with E-state index in [1.165, 1.54) is 9.13 Å². The van der Waals surface area contributed by atoms with Gasteiger partial charge in [0.05, 0.1) is 11.8 Å². The van der Waals surface area contributed by atoms with Crippen LogP contribution in [-0.4, -0.2) is 24.4 Å². The van der Waals surface area contributed by atoms with E-state index in [1.54, 1.807) is 11.6 Å². The number of rotatable bonds is 3. The summed E-state index contributed by atoms with van der Waals surface area (Å²) in [6.07, 6.45) is 3.70. The van der Waals surface area contributed by atoms with Crippen molar-refractivity contribution in [1.29, 1.82) is 0 Å². The number of hydrogen-bond acceptors (Lipinski definition) is 5. The minimum absolute atomic E-state index is 0.121. The fourth-order valence-electron chi connectivity index (χ4n) is 3.23. The Kier molecular flexibility index (Phi) is 4.02. The normalized spacial score (nSPS) is 16.4. The van der Waals surface area contributed by atoms with Crippen molar-refractivity contribution in [2.24, 2.45) is 12.1 Å². The van der Waals surface area contributed by atoms with Gasteiger partial charge in [0, 0.05) is 13.6 Å². The molecule has 0 aliphatic carbocycles. The maximum absolute atomic E-state index is 13.1. The van der Waals surface area contributed by atoms with Crippen LogP contribution < -0.4 is 16.7 Å². The third-order valence-corrected chi connectivity index (χ3v) is 4.90. The number of imidazole rings is 1. The van der Waals surface area contributed by atoms with E-state index >= 15 is 0 Å². The molecule has 8 heteroatoms. The zero-order valence-electron chi connectivity index (χ0n) is 15.4. The zero-order chi connectivity index (χ0) is 19.1. The van der Waals surface area contributed by atoms with Crippen molar-refractivity contribution in [2.45, 2.75) is 26.4 Å². The van der Waals surface area contributed by atoms with E-state index in [-0.39, 0.29) is 18.1 Å². The van der Waals surface area contributed by atoms with Crippen LogP contribution in [0.15, 0.2) is 51.1 Å². The molecule has 1 aliphatic rings. The van der Waals surface area contributed by atoms with Crippen molar-refractivity contribution in [2.75, 3.05) is 5.43 Å². The highest BCUT2D eigenvalue weighted by molar-refractivity contribution is 5.90. The monoisotopic (exact) mass is 364 g/mol. The predicted octanol–water partition coefficient (Wildman–Crippen LogP) is 1.97. The Bertz CT molecular complexity index is 1200. The molecular formula is C19H20N6O2. The molecule has 4 rings (SSSR count). The third kappa shape index (κ3) is 2.69. The quantitative estimate of drug-likeness (QED) is 0.770. The molecule has 1 atom stereocenters. The average Bonchev–Trinajstić information content (AvgIpc) is 3.07. The number of hydrazone groups is 1. The minimum Gasteiger partial charge on any atom is -0.294 e. The van der Waals surface area contributed by atoms with E-state index in [9.17, 15) is 9.59 Å². The Balaban J connectivity index is 1.84. The molecule has 3 aromatic rings. The molecule has 0 spiro atoms. The summed E-state index contributed by atoms with van der Waals surface area (Å²) in [5.74, 6) is 0.466. The van der Waals surface area contributed by atoms with E-state index in [2.05, 4.69) is 15.5 Å². The molecular weight excluding hydrogens is 344 g/mol. The second-order valence-electron chi connectivity index (χ2n) is 6.59. The van der Waals surface area contributed by atoms with Gasteiger partial charge in [0.1, 0.15) is 0 Å². The first-order valence-electron chi connectivity index (χ1n) is 8.72. The first-order chi connectivity index (χ1) is 13.0. The van der Waals surface area contributed by atoms with Crippen LogP contribution in [-0.2, 0) is 13.6 Å². The Morgan fingerprint density at radius 2 is 1.96 bits per heavy atom. The van der Waals surface area contributed by atoms with Gasteiger partial charge < -0.3 is 0 Å². The Morgan fingerprint density at radius 1 is 1.22 bits per heavy atom. The molecule has 138 valence electrons. The van der Waals surface area contributed by atoms with Gasteiger partial charge in [-0.15, -0.1) is 0 Å². The van der Waals surface area contributed by atoms with Crippen molar-refractivity contribution < 1.29 is 0 Å². The van der Waals surface area contributed by atoms with Crippen LogP contribution in [0.25, 0.3) is 17.2 Å². The summed E-state index contributed by atoms with van der Waals surface area (Å²) in [7, 11) is 1.62. The Labute approximate surface area is 155 Å². The van der Waals surface area contributed by atoms with Gasteiger partial charge in [-0.25, -0.2) is 10.2 Å². The fourth-order valence-corrected chi connectivity index (χ4v) is 3.23. The van der Waals surface area contributed by atoms with E-state index in [0.29, 0.717) is 17.1 Å². The lowest BCUT2D eigenvalue weighted by atomic mass is 10.2. The van der Waals surface area contributed by atoms with Crippen LogP contribution in [0.5, 0.6) is 0 Å². The largest absolute Gasteiger partial charge is 0.332 e. The van der Waals surface area contributed by atoms with E-state index in [4.69, 9.17) is 0 Å². The van der Waals surface area contributed by atoms with Gasteiger partial charge in [0.15, 0.2) is 11.2 Å². The molecule has 0 saturated heterocycles. The molecule has 3 heterocycles. The number of allylic oxidation sites excluding steroid dienone is 1. The highest BCUT2D eigenvalue weighted by atomic mass is 16.2. The summed E-state index contributed by atoms with van der Waals surface area (Å²) < 4.78 is 4.43. The SMILES string of the molecule is CC1=NNc2nc3c(c(=O)n(CC=Cc4ccccc4)c(=O)n3C)n2C1C. The molecule has 8 nitrogen and oxygen atoms in total. The number of nitrogens with zero attached hydrogens (tertiary/aromatic N) is 5. The van der Waals surface area contributed by atoms with Gasteiger partial charge in [0.25, 0.3) is 5.56 Å². The van der Waals surface area contributed by atoms with Gasteiger partial charge in [-0.3, -0.25) is 18.5 Å². The summed E-state index contributed by atoms with van der Waals surface area (Å²) >= 11 is 0. The summed E-state index contributed by atoms with van der Waals surface area (Å²) in [6.45, 7) is 4.02. The Morgan fingerprint density at radius 3 is 2.70 bits per heavy atom. The summed E-state index contributed by atoms with van der Waals surface area (Å²) in [5, 5.41) is 4.21. The van der Waals surface area contributed by atoms with Crippen LogP contribution in [0.3, 0.4) is 0 Å². The molecule has 0 radical (unpaired) electrons. The number of nitrogens with one attached hydrogen (secondary N) is 1. The van der Waals surface area contributed by atoms with E-state index < -0.39 is 5.69 Å². The average molecular weight is 364 g/mol. The lowest BCUT2D eigenvalue weighted by Crippen LogP contribution is -2.39. The number of fused-ring (bicyclic) bond motifs is 3. The Hall–Kier alpha value is -3.42. The van der Waals surface area contributed by atoms with Crippen molar-refractivity contribution in [3.8, 4) is 0 Å². The first kappa shape index (κ1) is 17.0. The second-order valence-corrected chi connectivity index (χ2v) is 6.59. The lowest BCUT2D eigenvalue weighted by Gasteiger charge is -2.21.